The number of fused-ring (bicyclic) bond motifs is 1. The van der Waals surface area contributed by atoms with E-state index in [4.69, 9.17) is 16.3 Å². The second kappa shape index (κ2) is 6.85. The lowest BCUT2D eigenvalue weighted by atomic mass is 10.2. The lowest BCUT2D eigenvalue weighted by molar-refractivity contribution is 0.463. The van der Waals surface area contributed by atoms with Crippen LogP contribution in [0.25, 0.3) is 10.9 Å². The predicted octanol–water partition coefficient (Wildman–Crippen LogP) is 4.92. The summed E-state index contributed by atoms with van der Waals surface area (Å²) in [6.07, 6.45) is 3.08. The van der Waals surface area contributed by atoms with Crippen LogP contribution in [0.1, 0.15) is 0 Å². The molecule has 0 amide bonds. The number of rotatable bonds is 4. The third-order valence-electron chi connectivity index (χ3n) is 3.69. The number of aromatic hydroxyl groups is 1. The number of phenols is 1. The number of hydrogen-bond acceptors (Lipinski definition) is 6. The largest absolute Gasteiger partial charge is 0.507 e. The maximum atomic E-state index is 10.1. The van der Waals surface area contributed by atoms with Gasteiger partial charge in [-0.2, -0.15) is 0 Å². The van der Waals surface area contributed by atoms with E-state index in [-0.39, 0.29) is 5.75 Å². The number of benzene rings is 2. The summed E-state index contributed by atoms with van der Waals surface area (Å²) in [6, 6.07) is 15.8. The number of halogens is 1. The quantitative estimate of drug-likeness (QED) is 0.535. The monoisotopic (exact) mass is 364 g/mol. The molecule has 0 spiro atoms. The van der Waals surface area contributed by atoms with Crippen LogP contribution in [0.2, 0.25) is 5.02 Å². The van der Waals surface area contributed by atoms with Crippen molar-refractivity contribution in [1.29, 1.82) is 0 Å². The zero-order valence-corrected chi connectivity index (χ0v) is 14.2. The highest BCUT2D eigenvalue weighted by atomic mass is 35.5. The van der Waals surface area contributed by atoms with Crippen molar-refractivity contribution in [3.05, 3.63) is 72.1 Å². The number of pyridine rings is 1. The molecule has 2 aromatic heterocycles. The lowest BCUT2D eigenvalue weighted by Gasteiger charge is -2.11. The molecule has 0 unspecified atom stereocenters. The van der Waals surface area contributed by atoms with Crippen LogP contribution in [0.3, 0.4) is 0 Å². The van der Waals surface area contributed by atoms with Gasteiger partial charge in [0, 0.05) is 18.0 Å². The van der Waals surface area contributed by atoms with Crippen LogP contribution >= 0.6 is 11.6 Å². The highest BCUT2D eigenvalue weighted by Gasteiger charge is 2.10. The number of nitrogens with one attached hydrogen (secondary N) is 1. The third-order valence-corrected chi connectivity index (χ3v) is 3.98. The molecule has 128 valence electrons. The molecule has 0 aliphatic carbocycles. The molecule has 26 heavy (non-hydrogen) atoms. The molecular formula is C19H13ClN4O2. The topological polar surface area (TPSA) is 80.2 Å². The molecule has 0 atom stereocenters. The van der Waals surface area contributed by atoms with Crippen molar-refractivity contribution in [3.8, 4) is 17.4 Å². The highest BCUT2D eigenvalue weighted by molar-refractivity contribution is 6.32. The summed E-state index contributed by atoms with van der Waals surface area (Å²) in [5.74, 6) is 1.54. The first kappa shape index (κ1) is 16.1. The van der Waals surface area contributed by atoms with Crippen LogP contribution < -0.4 is 10.1 Å². The number of hydrogen-bond donors (Lipinski definition) is 2. The van der Waals surface area contributed by atoms with Gasteiger partial charge < -0.3 is 15.2 Å². The summed E-state index contributed by atoms with van der Waals surface area (Å²) in [6.45, 7) is 0. The summed E-state index contributed by atoms with van der Waals surface area (Å²) < 4.78 is 5.67. The van der Waals surface area contributed by atoms with Crippen molar-refractivity contribution in [2.24, 2.45) is 0 Å². The smallest absolute Gasteiger partial charge is 0.219 e. The van der Waals surface area contributed by atoms with Crippen LogP contribution in [0.5, 0.6) is 17.4 Å². The lowest BCUT2D eigenvalue weighted by Crippen LogP contribution is -1.97. The molecule has 7 heteroatoms. The van der Waals surface area contributed by atoms with Crippen LogP contribution in [-0.4, -0.2) is 20.1 Å². The Hall–Kier alpha value is -3.38. The predicted molar refractivity (Wildman–Crippen MR) is 100 cm³/mol. The molecule has 0 bridgehead atoms. The van der Waals surface area contributed by atoms with Crippen molar-refractivity contribution in [3.63, 3.8) is 0 Å². The van der Waals surface area contributed by atoms with E-state index in [0.717, 1.165) is 0 Å². The minimum absolute atomic E-state index is 0.104. The standard InChI is InChI=1S/C19H13ClN4O2/c20-13-10-12(7-8-16(13)26-17-6-1-2-9-21-17)24-19-18-14(22-11-23-19)4-3-5-15(18)25/h1-11,25H,(H,22,23,24). The Morgan fingerprint density at radius 2 is 1.88 bits per heavy atom. The Morgan fingerprint density at radius 1 is 0.962 bits per heavy atom. The average molecular weight is 365 g/mol. The van der Waals surface area contributed by atoms with Gasteiger partial charge in [-0.05, 0) is 36.4 Å². The average Bonchev–Trinajstić information content (AvgIpc) is 2.65. The first-order valence-corrected chi connectivity index (χ1v) is 8.16. The molecule has 4 aromatic rings. The molecule has 2 aromatic carbocycles. The molecule has 0 fully saturated rings. The molecule has 6 nitrogen and oxygen atoms in total. The van der Waals surface area contributed by atoms with Crippen LogP contribution in [0, 0.1) is 0 Å². The molecule has 0 radical (unpaired) electrons. The van der Waals surface area contributed by atoms with Gasteiger partial charge >= 0.3 is 0 Å². The third kappa shape index (κ3) is 3.22. The van der Waals surface area contributed by atoms with E-state index in [9.17, 15) is 5.11 Å². The number of aromatic nitrogens is 3. The molecule has 0 saturated carbocycles. The van der Waals surface area contributed by atoms with Crippen LogP contribution in [0.15, 0.2) is 67.1 Å². The summed E-state index contributed by atoms with van der Waals surface area (Å²) in [7, 11) is 0. The minimum atomic E-state index is 0.104. The minimum Gasteiger partial charge on any atom is -0.507 e. The zero-order chi connectivity index (χ0) is 17.9. The molecular weight excluding hydrogens is 352 g/mol. The maximum absolute atomic E-state index is 10.1. The fraction of sp³-hybridized carbons (Fsp3) is 0. The Bertz CT molecular complexity index is 1070. The summed E-state index contributed by atoms with van der Waals surface area (Å²) in [5, 5.41) is 14.2. The summed E-state index contributed by atoms with van der Waals surface area (Å²) >= 11 is 6.32. The summed E-state index contributed by atoms with van der Waals surface area (Å²) in [4.78, 5) is 12.5. The van der Waals surface area contributed by atoms with E-state index < -0.39 is 0 Å². The number of nitrogens with zero attached hydrogens (tertiary/aromatic N) is 3. The Morgan fingerprint density at radius 3 is 2.69 bits per heavy atom. The van der Waals surface area contributed by atoms with Gasteiger partial charge in [-0.3, -0.25) is 0 Å². The fourth-order valence-electron chi connectivity index (χ4n) is 2.50. The Labute approximate surface area is 154 Å². The van der Waals surface area contributed by atoms with E-state index in [0.29, 0.717) is 39.1 Å². The van der Waals surface area contributed by atoms with E-state index in [1.165, 1.54) is 6.33 Å². The zero-order valence-electron chi connectivity index (χ0n) is 13.4. The molecule has 2 heterocycles. The van der Waals surface area contributed by atoms with Gasteiger partial charge in [0.2, 0.25) is 5.88 Å². The van der Waals surface area contributed by atoms with Crippen molar-refractivity contribution < 1.29 is 9.84 Å². The first-order valence-electron chi connectivity index (χ1n) is 7.79. The van der Waals surface area contributed by atoms with E-state index in [2.05, 4.69) is 20.3 Å². The normalized spacial score (nSPS) is 10.7. The van der Waals surface area contributed by atoms with E-state index >= 15 is 0 Å². The Kier molecular flexibility index (Phi) is 4.25. The van der Waals surface area contributed by atoms with Crippen molar-refractivity contribution in [2.45, 2.75) is 0 Å². The van der Waals surface area contributed by atoms with Gasteiger partial charge in [0.25, 0.3) is 0 Å². The number of ether oxygens (including phenoxy) is 1. The Balaban J connectivity index is 1.63. The van der Waals surface area contributed by atoms with Gasteiger partial charge in [0.15, 0.2) is 0 Å². The fourth-order valence-corrected chi connectivity index (χ4v) is 2.72. The van der Waals surface area contributed by atoms with Gasteiger partial charge in [-0.25, -0.2) is 15.0 Å². The van der Waals surface area contributed by atoms with Gasteiger partial charge in [0.05, 0.1) is 15.9 Å². The van der Waals surface area contributed by atoms with E-state index in [1.54, 1.807) is 48.7 Å². The van der Waals surface area contributed by atoms with Crippen molar-refractivity contribution in [2.75, 3.05) is 5.32 Å². The van der Waals surface area contributed by atoms with Crippen LogP contribution in [0.4, 0.5) is 11.5 Å². The maximum Gasteiger partial charge on any atom is 0.219 e. The molecule has 0 aliphatic rings. The number of anilines is 2. The molecule has 2 N–H and O–H groups in total. The van der Waals surface area contributed by atoms with E-state index in [1.807, 2.05) is 12.1 Å². The number of phenolic OH excluding ortho intramolecular Hbond substituents is 1. The highest BCUT2D eigenvalue weighted by Crippen LogP contribution is 2.34. The van der Waals surface area contributed by atoms with Crippen LogP contribution in [-0.2, 0) is 0 Å². The van der Waals surface area contributed by atoms with Gasteiger partial charge in [0.1, 0.15) is 23.6 Å². The second-order valence-corrected chi connectivity index (χ2v) is 5.84. The van der Waals surface area contributed by atoms with Gasteiger partial charge in [-0.1, -0.05) is 23.7 Å². The molecule has 0 aliphatic heterocycles. The van der Waals surface area contributed by atoms with Crippen molar-refractivity contribution in [1.82, 2.24) is 15.0 Å². The second-order valence-electron chi connectivity index (χ2n) is 5.43. The van der Waals surface area contributed by atoms with Gasteiger partial charge in [-0.15, -0.1) is 0 Å². The SMILES string of the molecule is Oc1cccc2ncnc(Nc3ccc(Oc4ccccn4)c(Cl)c3)c12. The first-order chi connectivity index (χ1) is 12.7. The summed E-state index contributed by atoms with van der Waals surface area (Å²) in [5.41, 5.74) is 1.34. The molecule has 4 rings (SSSR count). The molecule has 0 saturated heterocycles. The van der Waals surface area contributed by atoms with Crippen molar-refractivity contribution >= 4 is 34.0 Å².